The lowest BCUT2D eigenvalue weighted by molar-refractivity contribution is 0.451. The molecule has 1 aromatic carbocycles. The van der Waals surface area contributed by atoms with Crippen molar-refractivity contribution in [2.45, 2.75) is 13.3 Å². The van der Waals surface area contributed by atoms with Crippen LogP contribution in [0.5, 0.6) is 5.75 Å². The number of benzene rings is 1. The standard InChI is InChI=1S/C8H6Cl2F2O/c1-2-3-6(11)4(9)7(12)5(10)8(3)13/h13H,2H2,1H3. The zero-order valence-corrected chi connectivity index (χ0v) is 8.18. The summed E-state index contributed by atoms with van der Waals surface area (Å²) in [7, 11) is 0. The molecular formula is C8H6Cl2F2O. The van der Waals surface area contributed by atoms with Gasteiger partial charge in [0.25, 0.3) is 0 Å². The number of halogens is 4. The molecular weight excluding hydrogens is 221 g/mol. The first-order chi connectivity index (χ1) is 6.00. The molecule has 13 heavy (non-hydrogen) atoms. The highest BCUT2D eigenvalue weighted by Gasteiger charge is 2.20. The molecule has 0 saturated heterocycles. The molecule has 0 aliphatic carbocycles. The summed E-state index contributed by atoms with van der Waals surface area (Å²) in [6.07, 6.45) is 0.192. The molecule has 0 heterocycles. The SMILES string of the molecule is CCc1c(O)c(Cl)c(F)c(Cl)c1F. The molecule has 1 aromatic rings. The van der Waals surface area contributed by atoms with Crippen LogP contribution < -0.4 is 0 Å². The van der Waals surface area contributed by atoms with Crippen LogP contribution in [0, 0.1) is 11.6 Å². The second kappa shape index (κ2) is 3.68. The smallest absolute Gasteiger partial charge is 0.167 e. The van der Waals surface area contributed by atoms with E-state index in [0.717, 1.165) is 0 Å². The average Bonchev–Trinajstić information content (AvgIpc) is 2.13. The van der Waals surface area contributed by atoms with Crippen molar-refractivity contribution in [2.24, 2.45) is 0 Å². The Morgan fingerprint density at radius 3 is 2.15 bits per heavy atom. The Kier molecular flexibility index (Phi) is 2.98. The summed E-state index contributed by atoms with van der Waals surface area (Å²) < 4.78 is 26.0. The lowest BCUT2D eigenvalue weighted by Crippen LogP contribution is -1.94. The summed E-state index contributed by atoms with van der Waals surface area (Å²) in [5.74, 6) is -2.66. The predicted molar refractivity (Wildman–Crippen MR) is 47.4 cm³/mol. The van der Waals surface area contributed by atoms with Crippen molar-refractivity contribution in [1.82, 2.24) is 0 Å². The normalized spacial score (nSPS) is 10.5. The lowest BCUT2D eigenvalue weighted by Gasteiger charge is -2.08. The Morgan fingerprint density at radius 1 is 1.15 bits per heavy atom. The van der Waals surface area contributed by atoms with E-state index in [4.69, 9.17) is 23.2 Å². The van der Waals surface area contributed by atoms with Crippen molar-refractivity contribution < 1.29 is 13.9 Å². The number of hydrogen-bond donors (Lipinski definition) is 1. The van der Waals surface area contributed by atoms with Gasteiger partial charge < -0.3 is 5.11 Å². The lowest BCUT2D eigenvalue weighted by atomic mass is 10.1. The fourth-order valence-electron chi connectivity index (χ4n) is 0.988. The Bertz CT molecular complexity index is 323. The first-order valence-corrected chi connectivity index (χ1v) is 4.30. The molecule has 0 amide bonds. The van der Waals surface area contributed by atoms with Gasteiger partial charge in [-0.3, -0.25) is 0 Å². The molecule has 1 N–H and O–H groups in total. The molecule has 0 fully saturated rings. The minimum atomic E-state index is -1.13. The quantitative estimate of drug-likeness (QED) is 0.574. The van der Waals surface area contributed by atoms with Gasteiger partial charge in [0.05, 0.1) is 0 Å². The molecule has 0 atom stereocenters. The van der Waals surface area contributed by atoms with Gasteiger partial charge in [0, 0.05) is 5.56 Å². The van der Waals surface area contributed by atoms with Gasteiger partial charge >= 0.3 is 0 Å². The van der Waals surface area contributed by atoms with Crippen molar-refractivity contribution in [3.05, 3.63) is 27.2 Å². The van der Waals surface area contributed by atoms with Gasteiger partial charge in [-0.1, -0.05) is 30.1 Å². The zero-order valence-electron chi connectivity index (χ0n) is 6.67. The van der Waals surface area contributed by atoms with Crippen LogP contribution >= 0.6 is 23.2 Å². The largest absolute Gasteiger partial charge is 0.506 e. The molecule has 5 heteroatoms. The van der Waals surface area contributed by atoms with Crippen LogP contribution in [-0.4, -0.2) is 5.11 Å². The first kappa shape index (κ1) is 10.5. The number of phenolic OH excluding ortho intramolecular Hbond substituents is 1. The second-order valence-electron chi connectivity index (χ2n) is 2.44. The van der Waals surface area contributed by atoms with Crippen molar-refractivity contribution in [2.75, 3.05) is 0 Å². The summed E-state index contributed by atoms with van der Waals surface area (Å²) >= 11 is 10.7. The summed E-state index contributed by atoms with van der Waals surface area (Å²) in [6, 6.07) is 0. The fraction of sp³-hybridized carbons (Fsp3) is 0.250. The monoisotopic (exact) mass is 226 g/mol. The molecule has 1 rings (SSSR count). The van der Waals surface area contributed by atoms with Crippen molar-refractivity contribution in [3.8, 4) is 5.75 Å². The third kappa shape index (κ3) is 1.58. The van der Waals surface area contributed by atoms with Gasteiger partial charge in [0.1, 0.15) is 15.8 Å². The van der Waals surface area contributed by atoms with E-state index in [0.29, 0.717) is 0 Å². The molecule has 0 bridgehead atoms. The maximum Gasteiger partial charge on any atom is 0.167 e. The summed E-state index contributed by atoms with van der Waals surface area (Å²) in [5, 5.41) is 7.99. The summed E-state index contributed by atoms with van der Waals surface area (Å²) in [6.45, 7) is 1.60. The molecule has 0 aromatic heterocycles. The number of phenols is 1. The van der Waals surface area contributed by atoms with Crippen LogP contribution in [0.15, 0.2) is 0 Å². The maximum atomic E-state index is 13.1. The van der Waals surface area contributed by atoms with Gasteiger partial charge in [0.15, 0.2) is 11.6 Å². The van der Waals surface area contributed by atoms with E-state index in [-0.39, 0.29) is 12.0 Å². The zero-order chi connectivity index (χ0) is 10.2. The van der Waals surface area contributed by atoms with E-state index in [9.17, 15) is 13.9 Å². The third-order valence-corrected chi connectivity index (χ3v) is 2.37. The van der Waals surface area contributed by atoms with Gasteiger partial charge in [-0.25, -0.2) is 8.78 Å². The molecule has 0 aliphatic heterocycles. The van der Waals surface area contributed by atoms with Crippen LogP contribution in [0.3, 0.4) is 0 Å². The molecule has 0 unspecified atom stereocenters. The van der Waals surface area contributed by atoms with Gasteiger partial charge in [-0.2, -0.15) is 0 Å². The van der Waals surface area contributed by atoms with Crippen LogP contribution in [0.2, 0.25) is 10.0 Å². The van der Waals surface area contributed by atoms with Gasteiger partial charge in [-0.05, 0) is 6.42 Å². The second-order valence-corrected chi connectivity index (χ2v) is 3.19. The Hall–Kier alpha value is -0.540. The van der Waals surface area contributed by atoms with Gasteiger partial charge in [-0.15, -0.1) is 0 Å². The first-order valence-electron chi connectivity index (χ1n) is 3.54. The maximum absolute atomic E-state index is 13.1. The third-order valence-electron chi connectivity index (χ3n) is 1.69. The fourth-order valence-corrected chi connectivity index (χ4v) is 1.45. The van der Waals surface area contributed by atoms with Crippen molar-refractivity contribution >= 4 is 23.2 Å². The topological polar surface area (TPSA) is 20.2 Å². The van der Waals surface area contributed by atoms with E-state index in [1.807, 2.05) is 0 Å². The number of hydrogen-bond acceptors (Lipinski definition) is 1. The Balaban J connectivity index is 3.56. The van der Waals surface area contributed by atoms with Crippen LogP contribution in [-0.2, 0) is 6.42 Å². The molecule has 0 spiro atoms. The Labute approximate surface area is 83.9 Å². The summed E-state index contributed by atoms with van der Waals surface area (Å²) in [5.41, 5.74) is -0.0728. The highest BCUT2D eigenvalue weighted by atomic mass is 35.5. The van der Waals surface area contributed by atoms with Crippen molar-refractivity contribution in [3.63, 3.8) is 0 Å². The molecule has 1 nitrogen and oxygen atoms in total. The molecule has 0 aliphatic rings. The number of rotatable bonds is 1. The number of aromatic hydroxyl groups is 1. The van der Waals surface area contributed by atoms with E-state index in [1.54, 1.807) is 6.92 Å². The average molecular weight is 227 g/mol. The molecule has 72 valence electrons. The minimum absolute atomic E-state index is 0.0728. The molecule has 0 radical (unpaired) electrons. The Morgan fingerprint density at radius 2 is 1.69 bits per heavy atom. The predicted octanol–water partition coefficient (Wildman–Crippen LogP) is 3.54. The summed E-state index contributed by atoms with van der Waals surface area (Å²) in [4.78, 5) is 0. The van der Waals surface area contributed by atoms with Crippen molar-refractivity contribution in [1.29, 1.82) is 0 Å². The minimum Gasteiger partial charge on any atom is -0.506 e. The van der Waals surface area contributed by atoms with Crippen LogP contribution in [0.25, 0.3) is 0 Å². The highest BCUT2D eigenvalue weighted by Crippen LogP contribution is 2.37. The van der Waals surface area contributed by atoms with Crippen LogP contribution in [0.4, 0.5) is 8.78 Å². The van der Waals surface area contributed by atoms with E-state index in [2.05, 4.69) is 0 Å². The van der Waals surface area contributed by atoms with Crippen LogP contribution in [0.1, 0.15) is 12.5 Å². The van der Waals surface area contributed by atoms with E-state index < -0.39 is 27.4 Å². The highest BCUT2D eigenvalue weighted by molar-refractivity contribution is 6.36. The van der Waals surface area contributed by atoms with E-state index in [1.165, 1.54) is 0 Å². The van der Waals surface area contributed by atoms with E-state index >= 15 is 0 Å². The molecule has 0 saturated carbocycles. The van der Waals surface area contributed by atoms with Gasteiger partial charge in [0.2, 0.25) is 0 Å².